The molecule has 2 aromatic rings. The van der Waals surface area contributed by atoms with Crippen molar-refractivity contribution in [1.82, 2.24) is 0 Å². The second kappa shape index (κ2) is 4.77. The number of rotatable bonds is 1. The first kappa shape index (κ1) is 13.5. The van der Waals surface area contributed by atoms with E-state index in [1.165, 1.54) is 5.56 Å². The van der Waals surface area contributed by atoms with Crippen LogP contribution in [0.1, 0.15) is 11.1 Å². The zero-order valence-electron chi connectivity index (χ0n) is 13.0. The van der Waals surface area contributed by atoms with Crippen molar-refractivity contribution in [2.45, 2.75) is 12.5 Å². The van der Waals surface area contributed by atoms with Gasteiger partial charge in [0.25, 0.3) is 0 Å². The molecule has 2 aromatic carbocycles. The van der Waals surface area contributed by atoms with E-state index in [1.54, 1.807) is 0 Å². The van der Waals surface area contributed by atoms with E-state index in [9.17, 15) is 5.11 Å². The number of benzene rings is 2. The van der Waals surface area contributed by atoms with Crippen LogP contribution in [0.25, 0.3) is 5.57 Å². The summed E-state index contributed by atoms with van der Waals surface area (Å²) < 4.78 is 11.2. The molecule has 3 aliphatic rings. The molecule has 5 nitrogen and oxygen atoms in total. The summed E-state index contributed by atoms with van der Waals surface area (Å²) in [4.78, 5) is 1.91. The molecule has 0 unspecified atom stereocenters. The molecule has 3 aliphatic heterocycles. The zero-order valence-corrected chi connectivity index (χ0v) is 13.0. The number of ether oxygens (including phenoxy) is 2. The van der Waals surface area contributed by atoms with Crippen molar-refractivity contribution < 1.29 is 14.6 Å². The maximum absolute atomic E-state index is 10.8. The Hall–Kier alpha value is -2.95. The molecule has 0 bridgehead atoms. The van der Waals surface area contributed by atoms with Crippen LogP contribution < -0.4 is 14.4 Å². The Morgan fingerprint density at radius 3 is 2.71 bits per heavy atom. The van der Waals surface area contributed by atoms with Gasteiger partial charge in [0, 0.05) is 12.1 Å². The molecule has 0 radical (unpaired) electrons. The lowest BCUT2D eigenvalue weighted by Gasteiger charge is -2.21. The topological polar surface area (TPSA) is 65.8 Å². The average Bonchev–Trinajstić information content (AvgIpc) is 3.11. The number of hydrogen-bond acceptors (Lipinski definition) is 4. The van der Waals surface area contributed by atoms with Crippen LogP contribution in [-0.2, 0) is 6.42 Å². The highest BCUT2D eigenvalue weighted by atomic mass is 16.6. The van der Waals surface area contributed by atoms with Crippen LogP contribution in [0.4, 0.5) is 5.69 Å². The molecule has 3 heterocycles. The molecule has 0 saturated heterocycles. The van der Waals surface area contributed by atoms with Crippen molar-refractivity contribution in [3.05, 3.63) is 59.4 Å². The summed E-state index contributed by atoms with van der Waals surface area (Å²) in [5, 5.41) is 19.4. The standard InChI is InChI=1S/C19H16N2O3/c20-19-17(12-5-6-15-16(10-12)24-8-7-23-15)18(22)14-9-11-3-1-2-4-13(11)21(14)19/h1-6,10,14,20,22H,7-9H2/t14-/m0/s1. The summed E-state index contributed by atoms with van der Waals surface area (Å²) >= 11 is 0. The summed E-state index contributed by atoms with van der Waals surface area (Å²) in [5.41, 5.74) is 3.53. The predicted octanol–water partition coefficient (Wildman–Crippen LogP) is 3.15. The quantitative estimate of drug-likeness (QED) is 0.847. The summed E-state index contributed by atoms with van der Waals surface area (Å²) in [5.74, 6) is 1.96. The van der Waals surface area contributed by atoms with Gasteiger partial charge >= 0.3 is 0 Å². The maximum Gasteiger partial charge on any atom is 0.161 e. The van der Waals surface area contributed by atoms with Crippen molar-refractivity contribution in [3.63, 3.8) is 0 Å². The molecule has 0 saturated carbocycles. The highest BCUT2D eigenvalue weighted by molar-refractivity contribution is 6.32. The molecule has 5 rings (SSSR count). The summed E-state index contributed by atoms with van der Waals surface area (Å²) in [6.45, 7) is 1.06. The number of hydrogen-bond donors (Lipinski definition) is 2. The number of anilines is 1. The third-order valence-electron chi connectivity index (χ3n) is 4.86. The van der Waals surface area contributed by atoms with Gasteiger partial charge in [0.05, 0.1) is 11.6 Å². The van der Waals surface area contributed by atoms with Gasteiger partial charge in [-0.3, -0.25) is 5.41 Å². The molecular formula is C19H16N2O3. The van der Waals surface area contributed by atoms with E-state index in [4.69, 9.17) is 14.9 Å². The van der Waals surface area contributed by atoms with E-state index in [1.807, 2.05) is 41.3 Å². The minimum Gasteiger partial charge on any atom is -0.509 e. The smallest absolute Gasteiger partial charge is 0.161 e. The lowest BCUT2D eigenvalue weighted by molar-refractivity contribution is 0.171. The first-order chi connectivity index (χ1) is 11.7. The van der Waals surface area contributed by atoms with Gasteiger partial charge in [-0.2, -0.15) is 0 Å². The maximum atomic E-state index is 10.8. The van der Waals surface area contributed by atoms with Crippen molar-refractivity contribution in [2.75, 3.05) is 18.1 Å². The van der Waals surface area contributed by atoms with Crippen molar-refractivity contribution in [1.29, 1.82) is 5.41 Å². The Morgan fingerprint density at radius 2 is 1.83 bits per heavy atom. The number of fused-ring (bicyclic) bond motifs is 4. The minimum atomic E-state index is -0.182. The van der Waals surface area contributed by atoms with Gasteiger partial charge in [-0.1, -0.05) is 24.3 Å². The Balaban J connectivity index is 1.58. The first-order valence-corrected chi connectivity index (χ1v) is 8.03. The first-order valence-electron chi connectivity index (χ1n) is 8.03. The molecular weight excluding hydrogens is 304 g/mol. The van der Waals surface area contributed by atoms with Gasteiger partial charge in [-0.25, -0.2) is 0 Å². The monoisotopic (exact) mass is 320 g/mol. The molecule has 5 heteroatoms. The number of nitrogens with zero attached hydrogens (tertiary/aromatic N) is 1. The number of para-hydroxylation sites is 1. The number of aliphatic hydroxyl groups is 1. The molecule has 0 amide bonds. The Kier molecular flexibility index (Phi) is 2.68. The van der Waals surface area contributed by atoms with Gasteiger partial charge in [0.1, 0.15) is 24.8 Å². The Bertz CT molecular complexity index is 903. The molecule has 120 valence electrons. The van der Waals surface area contributed by atoms with Crippen LogP contribution in [0.15, 0.2) is 48.2 Å². The lowest BCUT2D eigenvalue weighted by Crippen LogP contribution is -2.31. The van der Waals surface area contributed by atoms with E-state index in [2.05, 4.69) is 6.07 Å². The average molecular weight is 320 g/mol. The Morgan fingerprint density at radius 1 is 1.04 bits per heavy atom. The summed E-state index contributed by atoms with van der Waals surface area (Å²) in [6.07, 6.45) is 0.721. The number of nitrogens with one attached hydrogen (secondary N) is 1. The molecule has 0 fully saturated rings. The fourth-order valence-corrected chi connectivity index (χ4v) is 3.77. The second-order valence-electron chi connectivity index (χ2n) is 6.19. The predicted molar refractivity (Wildman–Crippen MR) is 91.1 cm³/mol. The molecule has 0 spiro atoms. The summed E-state index contributed by atoms with van der Waals surface area (Å²) in [7, 11) is 0. The normalized spacial score (nSPS) is 21.1. The van der Waals surface area contributed by atoms with Crippen molar-refractivity contribution >= 4 is 17.1 Å². The second-order valence-corrected chi connectivity index (χ2v) is 6.19. The van der Waals surface area contributed by atoms with Gasteiger partial charge in [0.2, 0.25) is 0 Å². The highest BCUT2D eigenvalue weighted by Crippen LogP contribution is 2.44. The van der Waals surface area contributed by atoms with Gasteiger partial charge in [-0.15, -0.1) is 0 Å². The third-order valence-corrected chi connectivity index (χ3v) is 4.86. The Labute approximate surface area is 139 Å². The number of amidine groups is 1. The van der Waals surface area contributed by atoms with Gasteiger partial charge in [0.15, 0.2) is 11.5 Å². The molecule has 0 aliphatic carbocycles. The van der Waals surface area contributed by atoms with E-state index in [0.717, 1.165) is 17.7 Å². The van der Waals surface area contributed by atoms with Crippen LogP contribution in [-0.4, -0.2) is 30.2 Å². The van der Waals surface area contributed by atoms with Crippen LogP contribution in [0.2, 0.25) is 0 Å². The highest BCUT2D eigenvalue weighted by Gasteiger charge is 2.43. The zero-order chi connectivity index (χ0) is 16.3. The SMILES string of the molecule is N=C1C(c2ccc3c(c2)OCCO3)=C(O)[C@@H]2Cc3ccccc3N12. The van der Waals surface area contributed by atoms with Crippen LogP contribution >= 0.6 is 0 Å². The minimum absolute atomic E-state index is 0.182. The number of aliphatic hydroxyl groups excluding tert-OH is 1. The van der Waals surface area contributed by atoms with E-state index in [0.29, 0.717) is 36.1 Å². The van der Waals surface area contributed by atoms with Gasteiger partial charge < -0.3 is 19.5 Å². The van der Waals surface area contributed by atoms with E-state index in [-0.39, 0.29) is 11.8 Å². The molecule has 1 atom stereocenters. The largest absolute Gasteiger partial charge is 0.509 e. The summed E-state index contributed by atoms with van der Waals surface area (Å²) in [6, 6.07) is 13.4. The van der Waals surface area contributed by atoms with Crippen molar-refractivity contribution in [2.24, 2.45) is 0 Å². The fraction of sp³-hybridized carbons (Fsp3) is 0.211. The molecule has 0 aromatic heterocycles. The molecule has 24 heavy (non-hydrogen) atoms. The lowest BCUT2D eigenvalue weighted by atomic mass is 10.0. The third kappa shape index (κ3) is 1.72. The fourth-order valence-electron chi connectivity index (χ4n) is 3.77. The van der Waals surface area contributed by atoms with E-state index >= 15 is 0 Å². The van der Waals surface area contributed by atoms with Gasteiger partial charge in [-0.05, 0) is 29.3 Å². The van der Waals surface area contributed by atoms with Crippen molar-refractivity contribution in [3.8, 4) is 11.5 Å². The van der Waals surface area contributed by atoms with Crippen LogP contribution in [0.5, 0.6) is 11.5 Å². The van der Waals surface area contributed by atoms with Crippen LogP contribution in [0.3, 0.4) is 0 Å². The molecule has 2 N–H and O–H groups in total. The van der Waals surface area contributed by atoms with E-state index < -0.39 is 0 Å². The van der Waals surface area contributed by atoms with Crippen LogP contribution in [0, 0.1) is 5.41 Å².